The van der Waals surface area contributed by atoms with Crippen LogP contribution in [0, 0.1) is 13.8 Å². The monoisotopic (exact) mass is 405 g/mol. The predicted molar refractivity (Wildman–Crippen MR) is 100 cm³/mol. The average molecular weight is 406 g/mol. The van der Waals surface area contributed by atoms with Crippen LogP contribution in [0.25, 0.3) is 10.2 Å². The third-order valence-corrected chi connectivity index (χ3v) is 5.41. The number of aryl methyl sites for hydroxylation is 2. The maximum Gasteiger partial charge on any atom is 0.266 e. The zero-order valence-electron chi connectivity index (χ0n) is 13.5. The van der Waals surface area contributed by atoms with E-state index in [0.717, 1.165) is 31.5 Å². The summed E-state index contributed by atoms with van der Waals surface area (Å²) in [7, 11) is 0. The van der Waals surface area contributed by atoms with E-state index in [1.165, 1.54) is 17.7 Å². The Balaban J connectivity index is 1.98. The highest BCUT2D eigenvalue weighted by atomic mass is 79.9. The minimum absolute atomic E-state index is 0.164. The van der Waals surface area contributed by atoms with E-state index in [9.17, 15) is 4.79 Å². The Labute approximate surface area is 152 Å². The molecule has 1 N–H and O–H groups in total. The molecule has 0 aliphatic rings. The van der Waals surface area contributed by atoms with Crippen LogP contribution in [0.1, 0.15) is 27.7 Å². The SMILES string of the molecule is CCOc1ncnc2sc(C(=O)Nc3ccc(C)cc3Br)c(C)c12. The van der Waals surface area contributed by atoms with Crippen LogP contribution in [0.2, 0.25) is 0 Å². The second kappa shape index (κ2) is 6.86. The Hall–Kier alpha value is -1.99. The van der Waals surface area contributed by atoms with Gasteiger partial charge in [0.1, 0.15) is 11.2 Å². The molecule has 5 nitrogen and oxygen atoms in total. The van der Waals surface area contributed by atoms with Crippen molar-refractivity contribution < 1.29 is 9.53 Å². The number of amides is 1. The smallest absolute Gasteiger partial charge is 0.266 e. The normalized spacial score (nSPS) is 10.8. The molecule has 0 saturated carbocycles. The van der Waals surface area contributed by atoms with Crippen LogP contribution in [0.3, 0.4) is 0 Å². The number of hydrogen-bond donors (Lipinski definition) is 1. The van der Waals surface area contributed by atoms with Gasteiger partial charge in [-0.25, -0.2) is 9.97 Å². The van der Waals surface area contributed by atoms with E-state index in [1.807, 2.05) is 39.0 Å². The predicted octanol–water partition coefficient (Wildman–Crippen LogP) is 4.72. The van der Waals surface area contributed by atoms with Gasteiger partial charge in [0.15, 0.2) is 0 Å². The van der Waals surface area contributed by atoms with Crippen LogP contribution in [-0.2, 0) is 0 Å². The Kier molecular flexibility index (Phi) is 4.82. The zero-order chi connectivity index (χ0) is 17.3. The molecule has 0 spiro atoms. The van der Waals surface area contributed by atoms with Crippen LogP contribution in [-0.4, -0.2) is 22.5 Å². The number of halogens is 1. The number of nitrogens with zero attached hydrogens (tertiary/aromatic N) is 2. The van der Waals surface area contributed by atoms with Gasteiger partial charge in [0.25, 0.3) is 5.91 Å². The molecule has 3 rings (SSSR count). The summed E-state index contributed by atoms with van der Waals surface area (Å²) in [5, 5.41) is 3.75. The van der Waals surface area contributed by atoms with Crippen molar-refractivity contribution in [3.63, 3.8) is 0 Å². The van der Waals surface area contributed by atoms with Crippen LogP contribution in [0.5, 0.6) is 5.88 Å². The lowest BCUT2D eigenvalue weighted by Crippen LogP contribution is -2.11. The second-order valence-corrected chi connectivity index (χ2v) is 7.14. The number of benzene rings is 1. The topological polar surface area (TPSA) is 64.1 Å². The van der Waals surface area contributed by atoms with Crippen molar-refractivity contribution >= 4 is 49.1 Å². The summed E-state index contributed by atoms with van der Waals surface area (Å²) in [5.41, 5.74) is 2.69. The first-order chi connectivity index (χ1) is 11.5. The number of nitrogens with one attached hydrogen (secondary N) is 1. The van der Waals surface area contributed by atoms with Gasteiger partial charge >= 0.3 is 0 Å². The summed E-state index contributed by atoms with van der Waals surface area (Å²) >= 11 is 4.82. The van der Waals surface area contributed by atoms with E-state index >= 15 is 0 Å². The Morgan fingerprint density at radius 2 is 2.12 bits per heavy atom. The highest BCUT2D eigenvalue weighted by molar-refractivity contribution is 9.10. The fourth-order valence-electron chi connectivity index (χ4n) is 2.40. The van der Waals surface area contributed by atoms with Crippen LogP contribution < -0.4 is 10.1 Å². The largest absolute Gasteiger partial charge is 0.477 e. The molecule has 124 valence electrons. The van der Waals surface area contributed by atoms with E-state index in [0.29, 0.717) is 17.4 Å². The highest BCUT2D eigenvalue weighted by Gasteiger charge is 2.20. The molecule has 0 radical (unpaired) electrons. The lowest BCUT2D eigenvalue weighted by atomic mass is 10.2. The molecular formula is C17H16BrN3O2S. The van der Waals surface area contributed by atoms with Crippen molar-refractivity contribution in [3.8, 4) is 5.88 Å². The van der Waals surface area contributed by atoms with E-state index in [4.69, 9.17) is 4.74 Å². The maximum atomic E-state index is 12.7. The quantitative estimate of drug-likeness (QED) is 0.681. The van der Waals surface area contributed by atoms with Crippen LogP contribution >= 0.6 is 27.3 Å². The molecule has 7 heteroatoms. The summed E-state index contributed by atoms with van der Waals surface area (Å²) in [5.74, 6) is 0.356. The molecule has 0 aliphatic carbocycles. The van der Waals surface area contributed by atoms with Gasteiger partial charge in [0, 0.05) is 4.47 Å². The average Bonchev–Trinajstić information content (AvgIpc) is 2.88. The van der Waals surface area contributed by atoms with Crippen molar-refractivity contribution in [2.75, 3.05) is 11.9 Å². The summed E-state index contributed by atoms with van der Waals surface area (Å²) in [6, 6.07) is 5.80. The Bertz CT molecular complexity index is 924. The highest BCUT2D eigenvalue weighted by Crippen LogP contribution is 2.35. The molecule has 2 aromatic heterocycles. The minimum atomic E-state index is -0.164. The maximum absolute atomic E-state index is 12.7. The standard InChI is InChI=1S/C17H16BrN3O2S/c1-4-23-16-13-10(3)14(24-17(13)20-8-19-16)15(22)21-12-6-5-9(2)7-11(12)18/h5-8H,4H2,1-3H3,(H,21,22). The fraction of sp³-hybridized carbons (Fsp3) is 0.235. The molecule has 24 heavy (non-hydrogen) atoms. The van der Waals surface area contributed by atoms with Crippen molar-refractivity contribution in [3.05, 3.63) is 45.0 Å². The summed E-state index contributed by atoms with van der Waals surface area (Å²) in [6.07, 6.45) is 1.46. The van der Waals surface area contributed by atoms with Gasteiger partial charge < -0.3 is 10.1 Å². The number of rotatable bonds is 4. The molecule has 1 aromatic carbocycles. The number of thiophene rings is 1. The van der Waals surface area contributed by atoms with Crippen molar-refractivity contribution in [1.82, 2.24) is 9.97 Å². The van der Waals surface area contributed by atoms with Gasteiger partial charge in [0.2, 0.25) is 5.88 Å². The molecular weight excluding hydrogens is 390 g/mol. The van der Waals surface area contributed by atoms with Crippen molar-refractivity contribution in [2.24, 2.45) is 0 Å². The second-order valence-electron chi connectivity index (χ2n) is 5.29. The van der Waals surface area contributed by atoms with Crippen molar-refractivity contribution in [2.45, 2.75) is 20.8 Å². The number of carbonyl (C=O) groups excluding carboxylic acids is 1. The molecule has 0 aliphatic heterocycles. The first-order valence-corrected chi connectivity index (χ1v) is 9.06. The number of anilines is 1. The van der Waals surface area contributed by atoms with E-state index in [-0.39, 0.29) is 5.91 Å². The molecule has 0 fully saturated rings. The van der Waals surface area contributed by atoms with Gasteiger partial charge in [-0.2, -0.15) is 0 Å². The number of fused-ring (bicyclic) bond motifs is 1. The molecule has 1 amide bonds. The van der Waals surface area contributed by atoms with Gasteiger partial charge in [-0.1, -0.05) is 6.07 Å². The third-order valence-electron chi connectivity index (χ3n) is 3.55. The van der Waals surface area contributed by atoms with E-state index in [2.05, 4.69) is 31.2 Å². The van der Waals surface area contributed by atoms with Crippen LogP contribution in [0.15, 0.2) is 29.0 Å². The number of ether oxygens (including phenoxy) is 1. The van der Waals surface area contributed by atoms with Crippen LogP contribution in [0.4, 0.5) is 5.69 Å². The van der Waals surface area contributed by atoms with Crippen molar-refractivity contribution in [1.29, 1.82) is 0 Å². The van der Waals surface area contributed by atoms with E-state index < -0.39 is 0 Å². The molecule has 2 heterocycles. The lowest BCUT2D eigenvalue weighted by molar-refractivity contribution is 0.103. The summed E-state index contributed by atoms with van der Waals surface area (Å²) < 4.78 is 6.41. The number of carbonyl (C=O) groups is 1. The Morgan fingerprint density at radius 1 is 1.33 bits per heavy atom. The molecule has 0 bridgehead atoms. The molecule has 0 saturated heterocycles. The summed E-state index contributed by atoms with van der Waals surface area (Å²) in [6.45, 7) is 6.31. The van der Waals surface area contributed by atoms with E-state index in [1.54, 1.807) is 0 Å². The molecule has 0 atom stereocenters. The number of aromatic nitrogens is 2. The van der Waals surface area contributed by atoms with Gasteiger partial charge in [-0.05, 0) is 60.0 Å². The number of hydrogen-bond acceptors (Lipinski definition) is 5. The lowest BCUT2D eigenvalue weighted by Gasteiger charge is -2.08. The molecule has 3 aromatic rings. The third kappa shape index (κ3) is 3.14. The first-order valence-electron chi connectivity index (χ1n) is 7.45. The zero-order valence-corrected chi connectivity index (χ0v) is 15.9. The summed E-state index contributed by atoms with van der Waals surface area (Å²) in [4.78, 5) is 22.5. The Morgan fingerprint density at radius 3 is 2.83 bits per heavy atom. The first kappa shape index (κ1) is 16.9. The molecule has 0 unspecified atom stereocenters. The minimum Gasteiger partial charge on any atom is -0.477 e. The van der Waals surface area contributed by atoms with Gasteiger partial charge in [-0.15, -0.1) is 11.3 Å². The fourth-order valence-corrected chi connectivity index (χ4v) is 4.03. The van der Waals surface area contributed by atoms with Gasteiger partial charge in [0.05, 0.1) is 22.6 Å². The van der Waals surface area contributed by atoms with Gasteiger partial charge in [-0.3, -0.25) is 4.79 Å².